The van der Waals surface area contributed by atoms with Crippen LogP contribution in [-0.2, 0) is 0 Å². The zero-order chi connectivity index (χ0) is 30.2. The first kappa shape index (κ1) is 25.1. The summed E-state index contributed by atoms with van der Waals surface area (Å²) in [4.78, 5) is 9.83. The highest BCUT2D eigenvalue weighted by Crippen LogP contribution is 2.42. The molecule has 4 heteroatoms. The van der Waals surface area contributed by atoms with Gasteiger partial charge in [-0.15, -0.1) is 0 Å². The second-order valence-electron chi connectivity index (χ2n) is 11.9. The van der Waals surface area contributed by atoms with Gasteiger partial charge in [-0.2, -0.15) is 0 Å². The van der Waals surface area contributed by atoms with Gasteiger partial charge in [0.05, 0.1) is 38.8 Å². The van der Waals surface area contributed by atoms with Crippen molar-refractivity contribution >= 4 is 65.4 Å². The van der Waals surface area contributed by atoms with Gasteiger partial charge in [-0.25, -0.2) is 4.98 Å². The van der Waals surface area contributed by atoms with E-state index in [0.29, 0.717) is 0 Å². The van der Waals surface area contributed by atoms with Crippen molar-refractivity contribution in [2.24, 2.45) is 0 Å². The van der Waals surface area contributed by atoms with Gasteiger partial charge in [-0.05, 0) is 54.6 Å². The van der Waals surface area contributed by atoms with Crippen LogP contribution in [0.5, 0.6) is 0 Å². The largest absolute Gasteiger partial charge is 0.309 e. The molecule has 0 aliphatic rings. The number of benzene rings is 6. The van der Waals surface area contributed by atoms with E-state index in [0.717, 1.165) is 44.4 Å². The SMILES string of the molecule is c1ccc(-n2c3ccccc3c3ccc4c(c5ccccc5n4-c4cccc(-c5ccc6ccc7cccnc7c6n5)c4)c32)cc1. The van der Waals surface area contributed by atoms with Gasteiger partial charge in [0.15, 0.2) is 0 Å². The average molecular weight is 587 g/mol. The molecule has 0 aliphatic heterocycles. The van der Waals surface area contributed by atoms with Crippen molar-refractivity contribution in [3.63, 3.8) is 0 Å². The summed E-state index contributed by atoms with van der Waals surface area (Å²) in [6.07, 6.45) is 1.84. The minimum atomic E-state index is 0.925. The molecule has 214 valence electrons. The Morgan fingerprint density at radius 1 is 0.435 bits per heavy atom. The van der Waals surface area contributed by atoms with Gasteiger partial charge in [0, 0.05) is 55.5 Å². The summed E-state index contributed by atoms with van der Waals surface area (Å²) in [5.41, 5.74) is 10.9. The summed E-state index contributed by atoms with van der Waals surface area (Å²) >= 11 is 0. The molecule has 4 aromatic heterocycles. The normalized spacial score (nSPS) is 11.9. The molecule has 4 nitrogen and oxygen atoms in total. The molecule has 0 atom stereocenters. The molecule has 0 saturated carbocycles. The summed E-state index contributed by atoms with van der Waals surface area (Å²) in [7, 11) is 0. The molecule has 0 unspecified atom stereocenters. The standard InChI is InChI=1S/C42H26N4/c1-2-12-30(13-3-1)46-36-17-6-4-15-32(36)33-22-24-38-39(42(33)46)34-16-5-7-18-37(34)45(38)31-14-8-10-29(26-31)35-23-21-28-20-19-27-11-9-25-43-40(27)41(28)44-35/h1-26H. The molecule has 6 aromatic carbocycles. The van der Waals surface area contributed by atoms with Crippen molar-refractivity contribution in [3.05, 3.63) is 158 Å². The van der Waals surface area contributed by atoms with Crippen molar-refractivity contribution in [2.45, 2.75) is 0 Å². The third kappa shape index (κ3) is 3.55. The van der Waals surface area contributed by atoms with Crippen LogP contribution in [0, 0.1) is 0 Å². The van der Waals surface area contributed by atoms with E-state index < -0.39 is 0 Å². The zero-order valence-electron chi connectivity index (χ0n) is 24.8. The molecular formula is C42H26N4. The summed E-state index contributed by atoms with van der Waals surface area (Å²) < 4.78 is 4.83. The van der Waals surface area contributed by atoms with Crippen LogP contribution in [0.25, 0.3) is 88.0 Å². The number of hydrogen-bond acceptors (Lipinski definition) is 2. The third-order valence-electron chi connectivity index (χ3n) is 9.32. The van der Waals surface area contributed by atoms with Crippen molar-refractivity contribution in [1.82, 2.24) is 19.1 Å². The number of aromatic nitrogens is 4. The molecule has 4 heterocycles. The van der Waals surface area contributed by atoms with E-state index in [1.54, 1.807) is 0 Å². The Kier molecular flexibility index (Phi) is 5.25. The number of pyridine rings is 2. The smallest absolute Gasteiger partial charge is 0.0972 e. The van der Waals surface area contributed by atoms with Gasteiger partial charge in [-0.3, -0.25) is 4.98 Å². The fourth-order valence-electron chi connectivity index (χ4n) is 7.32. The van der Waals surface area contributed by atoms with Crippen LogP contribution in [0.2, 0.25) is 0 Å². The highest BCUT2D eigenvalue weighted by atomic mass is 15.0. The molecule has 0 amide bonds. The summed E-state index contributed by atoms with van der Waals surface area (Å²) in [6, 6.07) is 54.1. The Morgan fingerprint density at radius 3 is 2.02 bits per heavy atom. The monoisotopic (exact) mass is 586 g/mol. The van der Waals surface area contributed by atoms with Gasteiger partial charge < -0.3 is 9.13 Å². The highest BCUT2D eigenvalue weighted by Gasteiger charge is 2.20. The van der Waals surface area contributed by atoms with Gasteiger partial charge in [0.1, 0.15) is 0 Å². The van der Waals surface area contributed by atoms with Crippen LogP contribution >= 0.6 is 0 Å². The Balaban J connectivity index is 1.26. The molecule has 0 fully saturated rings. The van der Waals surface area contributed by atoms with Crippen LogP contribution in [0.1, 0.15) is 0 Å². The number of rotatable bonds is 3. The minimum Gasteiger partial charge on any atom is -0.309 e. The lowest BCUT2D eigenvalue weighted by Crippen LogP contribution is -1.96. The average Bonchev–Trinajstić information content (AvgIpc) is 3.65. The predicted molar refractivity (Wildman–Crippen MR) is 191 cm³/mol. The van der Waals surface area contributed by atoms with E-state index in [1.165, 1.54) is 43.6 Å². The first-order valence-corrected chi connectivity index (χ1v) is 15.6. The topological polar surface area (TPSA) is 35.6 Å². The third-order valence-corrected chi connectivity index (χ3v) is 9.32. The summed E-state index contributed by atoms with van der Waals surface area (Å²) in [6.45, 7) is 0. The van der Waals surface area contributed by atoms with Crippen molar-refractivity contribution in [3.8, 4) is 22.6 Å². The Hall–Kier alpha value is -6.26. The first-order chi connectivity index (χ1) is 22.8. The van der Waals surface area contributed by atoms with Crippen LogP contribution in [0.3, 0.4) is 0 Å². The quantitative estimate of drug-likeness (QED) is 0.193. The van der Waals surface area contributed by atoms with Crippen LogP contribution in [-0.4, -0.2) is 19.1 Å². The predicted octanol–water partition coefficient (Wildman–Crippen LogP) is 10.6. The van der Waals surface area contributed by atoms with E-state index in [9.17, 15) is 0 Å². The minimum absolute atomic E-state index is 0.925. The van der Waals surface area contributed by atoms with E-state index >= 15 is 0 Å². The lowest BCUT2D eigenvalue weighted by molar-refractivity contribution is 1.17. The maximum atomic E-state index is 5.16. The maximum absolute atomic E-state index is 5.16. The maximum Gasteiger partial charge on any atom is 0.0972 e. The molecule has 0 bridgehead atoms. The van der Waals surface area contributed by atoms with Gasteiger partial charge in [0.25, 0.3) is 0 Å². The second-order valence-corrected chi connectivity index (χ2v) is 11.9. The molecule has 0 spiro atoms. The van der Waals surface area contributed by atoms with Gasteiger partial charge in [0.2, 0.25) is 0 Å². The van der Waals surface area contributed by atoms with Crippen molar-refractivity contribution in [1.29, 1.82) is 0 Å². The fourth-order valence-corrected chi connectivity index (χ4v) is 7.32. The van der Waals surface area contributed by atoms with E-state index in [4.69, 9.17) is 4.98 Å². The van der Waals surface area contributed by atoms with Crippen molar-refractivity contribution in [2.75, 3.05) is 0 Å². The number of hydrogen-bond donors (Lipinski definition) is 0. The lowest BCUT2D eigenvalue weighted by Gasteiger charge is -2.11. The molecule has 0 aliphatic carbocycles. The molecule has 0 radical (unpaired) electrons. The zero-order valence-corrected chi connectivity index (χ0v) is 24.8. The fraction of sp³-hybridized carbons (Fsp3) is 0. The second kappa shape index (κ2) is 9.62. The van der Waals surface area contributed by atoms with E-state index in [1.807, 2.05) is 12.3 Å². The number of para-hydroxylation sites is 3. The molecule has 46 heavy (non-hydrogen) atoms. The Bertz CT molecular complexity index is 2810. The lowest BCUT2D eigenvalue weighted by atomic mass is 10.1. The van der Waals surface area contributed by atoms with Crippen LogP contribution in [0.15, 0.2) is 158 Å². The Labute approximate surface area is 264 Å². The molecular weight excluding hydrogens is 560 g/mol. The molecule has 0 saturated heterocycles. The van der Waals surface area contributed by atoms with Crippen LogP contribution in [0.4, 0.5) is 0 Å². The number of nitrogens with zero attached hydrogens (tertiary/aromatic N) is 4. The van der Waals surface area contributed by atoms with Gasteiger partial charge in [-0.1, -0.05) is 97.1 Å². The van der Waals surface area contributed by atoms with Crippen molar-refractivity contribution < 1.29 is 0 Å². The van der Waals surface area contributed by atoms with E-state index in [2.05, 4.69) is 160 Å². The highest BCUT2D eigenvalue weighted by molar-refractivity contribution is 6.26. The molecule has 10 rings (SSSR count). The number of fused-ring (bicyclic) bond motifs is 10. The molecule has 10 aromatic rings. The molecule has 0 N–H and O–H groups in total. The van der Waals surface area contributed by atoms with Crippen LogP contribution < -0.4 is 0 Å². The first-order valence-electron chi connectivity index (χ1n) is 15.6. The summed E-state index contributed by atoms with van der Waals surface area (Å²) in [5.74, 6) is 0. The summed E-state index contributed by atoms with van der Waals surface area (Å²) in [5, 5.41) is 7.18. The Morgan fingerprint density at radius 2 is 1.15 bits per heavy atom. The van der Waals surface area contributed by atoms with E-state index in [-0.39, 0.29) is 0 Å². The van der Waals surface area contributed by atoms with Gasteiger partial charge >= 0.3 is 0 Å².